The van der Waals surface area contributed by atoms with E-state index in [2.05, 4.69) is 0 Å². The smallest absolute Gasteiger partial charge is 0.166 e. The van der Waals surface area contributed by atoms with Crippen molar-refractivity contribution in [1.82, 2.24) is 0 Å². The summed E-state index contributed by atoms with van der Waals surface area (Å²) in [7, 11) is -2.81. The third kappa shape index (κ3) is 2.26. The fraction of sp³-hybridized carbons (Fsp3) is 0.176. The molecule has 0 aliphatic heterocycles. The van der Waals surface area contributed by atoms with E-state index >= 15 is 0 Å². The number of benzene rings is 2. The Hall–Kier alpha value is -1.63. The third-order valence-electron chi connectivity index (χ3n) is 3.73. The van der Waals surface area contributed by atoms with Crippen LogP contribution in [0, 0.1) is 0 Å². The first-order valence-electron chi connectivity index (χ1n) is 6.82. The van der Waals surface area contributed by atoms with Crippen LogP contribution in [-0.2, 0) is 4.57 Å². The zero-order valence-electron chi connectivity index (χ0n) is 11.1. The average molecular weight is 284 g/mol. The Balaban J connectivity index is 2.19. The summed E-state index contributed by atoms with van der Waals surface area (Å²) in [6.07, 6.45) is 2.67. The van der Waals surface area contributed by atoms with E-state index in [9.17, 15) is 9.67 Å². The minimum atomic E-state index is -2.81. The van der Waals surface area contributed by atoms with E-state index in [1.54, 1.807) is 6.08 Å². The molecule has 1 unspecified atom stereocenters. The van der Waals surface area contributed by atoms with Crippen molar-refractivity contribution in [2.45, 2.75) is 18.9 Å². The lowest BCUT2D eigenvalue weighted by molar-refractivity contribution is 0.223. The molecule has 1 aliphatic carbocycles. The maximum absolute atomic E-state index is 13.8. The highest BCUT2D eigenvalue weighted by molar-refractivity contribution is 7.82. The monoisotopic (exact) mass is 284 g/mol. The first-order chi connectivity index (χ1) is 9.71. The van der Waals surface area contributed by atoms with E-state index < -0.39 is 13.2 Å². The molecule has 20 heavy (non-hydrogen) atoms. The largest absolute Gasteiger partial charge is 0.389 e. The second-order valence-corrected chi connectivity index (χ2v) is 7.87. The Morgan fingerprint density at radius 1 is 0.900 bits per heavy atom. The van der Waals surface area contributed by atoms with Gasteiger partial charge < -0.3 is 9.67 Å². The fourth-order valence-electron chi connectivity index (χ4n) is 2.70. The molecule has 1 aliphatic rings. The number of rotatable bonds is 3. The van der Waals surface area contributed by atoms with Gasteiger partial charge in [0.25, 0.3) is 0 Å². The van der Waals surface area contributed by atoms with Crippen LogP contribution in [0.3, 0.4) is 0 Å². The highest BCUT2D eigenvalue weighted by atomic mass is 31.2. The molecule has 3 rings (SSSR count). The van der Waals surface area contributed by atoms with Gasteiger partial charge in [-0.3, -0.25) is 0 Å². The fourth-order valence-corrected chi connectivity index (χ4v) is 5.67. The molecule has 3 heteroatoms. The molecule has 0 amide bonds. The summed E-state index contributed by atoms with van der Waals surface area (Å²) in [4.78, 5) is 0. The molecule has 2 nitrogen and oxygen atoms in total. The van der Waals surface area contributed by atoms with Crippen molar-refractivity contribution in [3.63, 3.8) is 0 Å². The Labute approximate surface area is 119 Å². The van der Waals surface area contributed by atoms with Crippen molar-refractivity contribution in [3.8, 4) is 0 Å². The zero-order chi connectivity index (χ0) is 14.0. The van der Waals surface area contributed by atoms with E-state index in [-0.39, 0.29) is 0 Å². The van der Waals surface area contributed by atoms with E-state index in [0.29, 0.717) is 12.8 Å². The van der Waals surface area contributed by atoms with E-state index in [1.807, 2.05) is 60.7 Å². The van der Waals surface area contributed by atoms with E-state index in [1.165, 1.54) is 0 Å². The standard InChI is InChI=1S/C17H17O2P/c18-14-11-12-17(13-14)20(19,15-7-3-1-4-8-15)16-9-5-2-6-10-16/h1-10,13-14,18H,11-12H2. The van der Waals surface area contributed by atoms with Crippen LogP contribution in [0.5, 0.6) is 0 Å². The summed E-state index contributed by atoms with van der Waals surface area (Å²) in [5.74, 6) is 0. The van der Waals surface area contributed by atoms with Crippen molar-refractivity contribution >= 4 is 17.8 Å². The maximum Gasteiger partial charge on any atom is 0.166 e. The lowest BCUT2D eigenvalue weighted by Gasteiger charge is -2.20. The lowest BCUT2D eigenvalue weighted by atomic mass is 10.3. The van der Waals surface area contributed by atoms with Gasteiger partial charge in [-0.2, -0.15) is 0 Å². The molecule has 0 heterocycles. The molecule has 0 fully saturated rings. The molecular weight excluding hydrogens is 267 g/mol. The van der Waals surface area contributed by atoms with Crippen LogP contribution in [0.2, 0.25) is 0 Å². The van der Waals surface area contributed by atoms with E-state index in [0.717, 1.165) is 15.9 Å². The molecule has 0 saturated heterocycles. The number of aliphatic hydroxyl groups excluding tert-OH is 1. The minimum Gasteiger partial charge on any atom is -0.389 e. The number of allylic oxidation sites excluding steroid dienone is 1. The first-order valence-corrected chi connectivity index (χ1v) is 8.52. The predicted molar refractivity (Wildman–Crippen MR) is 83.1 cm³/mol. The van der Waals surface area contributed by atoms with Gasteiger partial charge in [0.05, 0.1) is 6.10 Å². The van der Waals surface area contributed by atoms with Gasteiger partial charge in [0.15, 0.2) is 7.14 Å². The Morgan fingerprint density at radius 3 is 1.80 bits per heavy atom. The first kappa shape index (κ1) is 13.4. The molecular formula is C17H17O2P. The zero-order valence-corrected chi connectivity index (χ0v) is 12.0. The van der Waals surface area contributed by atoms with Gasteiger partial charge in [-0.25, -0.2) is 0 Å². The highest BCUT2D eigenvalue weighted by Crippen LogP contribution is 2.55. The summed E-state index contributed by atoms with van der Waals surface area (Å²) < 4.78 is 13.8. The number of hydrogen-bond acceptors (Lipinski definition) is 2. The van der Waals surface area contributed by atoms with Gasteiger partial charge in [-0.05, 0) is 24.2 Å². The Bertz CT molecular complexity index is 618. The molecule has 0 spiro atoms. The third-order valence-corrected chi connectivity index (χ3v) is 6.96. The molecule has 0 bridgehead atoms. The van der Waals surface area contributed by atoms with Crippen LogP contribution in [0.15, 0.2) is 72.1 Å². The van der Waals surface area contributed by atoms with Crippen molar-refractivity contribution < 1.29 is 9.67 Å². The second kappa shape index (κ2) is 5.40. The second-order valence-electron chi connectivity index (χ2n) is 5.04. The van der Waals surface area contributed by atoms with Gasteiger partial charge in [-0.1, -0.05) is 60.7 Å². The minimum absolute atomic E-state index is 0.467. The van der Waals surface area contributed by atoms with Gasteiger partial charge in [0, 0.05) is 10.6 Å². The number of hydrogen-bond donors (Lipinski definition) is 1. The van der Waals surface area contributed by atoms with Crippen molar-refractivity contribution in [1.29, 1.82) is 0 Å². The van der Waals surface area contributed by atoms with Crippen LogP contribution in [-0.4, -0.2) is 11.2 Å². The van der Waals surface area contributed by atoms with Crippen molar-refractivity contribution in [2.24, 2.45) is 0 Å². The van der Waals surface area contributed by atoms with Crippen molar-refractivity contribution in [2.75, 3.05) is 0 Å². The summed E-state index contributed by atoms with van der Waals surface area (Å²) >= 11 is 0. The maximum atomic E-state index is 13.8. The molecule has 0 aromatic heterocycles. The van der Waals surface area contributed by atoms with Crippen LogP contribution < -0.4 is 10.6 Å². The molecule has 2 aromatic rings. The molecule has 1 atom stereocenters. The molecule has 2 aromatic carbocycles. The molecule has 0 radical (unpaired) electrons. The Morgan fingerprint density at radius 2 is 1.40 bits per heavy atom. The topological polar surface area (TPSA) is 37.3 Å². The summed E-state index contributed by atoms with van der Waals surface area (Å²) in [6, 6.07) is 19.2. The van der Waals surface area contributed by atoms with Gasteiger partial charge >= 0.3 is 0 Å². The number of aliphatic hydroxyl groups is 1. The Kier molecular flexibility index (Phi) is 3.60. The summed E-state index contributed by atoms with van der Waals surface area (Å²) in [6.45, 7) is 0. The lowest BCUT2D eigenvalue weighted by Crippen LogP contribution is -2.16. The van der Waals surface area contributed by atoms with Crippen LogP contribution in [0.1, 0.15) is 12.8 Å². The average Bonchev–Trinajstić information content (AvgIpc) is 2.95. The van der Waals surface area contributed by atoms with Crippen LogP contribution in [0.25, 0.3) is 0 Å². The van der Waals surface area contributed by atoms with Gasteiger partial charge in [0.2, 0.25) is 0 Å². The SMILES string of the molecule is O=P(C1=CC(O)CC1)(c1ccccc1)c1ccccc1. The van der Waals surface area contributed by atoms with Gasteiger partial charge in [0.1, 0.15) is 0 Å². The highest BCUT2D eigenvalue weighted by Gasteiger charge is 2.34. The summed E-state index contributed by atoms with van der Waals surface area (Å²) in [5.41, 5.74) is 0. The quantitative estimate of drug-likeness (QED) is 0.880. The predicted octanol–water partition coefficient (Wildman–Crippen LogP) is 3.04. The van der Waals surface area contributed by atoms with Crippen LogP contribution in [0.4, 0.5) is 0 Å². The normalized spacial score (nSPS) is 18.9. The molecule has 102 valence electrons. The van der Waals surface area contributed by atoms with Crippen molar-refractivity contribution in [3.05, 3.63) is 72.1 Å². The van der Waals surface area contributed by atoms with Gasteiger partial charge in [-0.15, -0.1) is 0 Å². The molecule has 0 saturated carbocycles. The molecule has 1 N–H and O–H groups in total. The van der Waals surface area contributed by atoms with Crippen LogP contribution >= 0.6 is 7.14 Å². The van der Waals surface area contributed by atoms with E-state index in [4.69, 9.17) is 0 Å². The summed E-state index contributed by atoms with van der Waals surface area (Å²) in [5, 5.41) is 12.3.